The minimum Gasteiger partial charge on any atom is -0.468 e. The van der Waals surface area contributed by atoms with E-state index in [0.717, 1.165) is 25.7 Å². The van der Waals surface area contributed by atoms with Gasteiger partial charge in [-0.05, 0) is 12.8 Å². The van der Waals surface area contributed by atoms with Gasteiger partial charge in [0.1, 0.15) is 6.04 Å². The zero-order valence-electron chi connectivity index (χ0n) is 9.72. The van der Waals surface area contributed by atoms with Gasteiger partial charge in [-0.3, -0.25) is 4.79 Å². The van der Waals surface area contributed by atoms with Gasteiger partial charge in [0, 0.05) is 11.0 Å². The normalized spacial score (nSPS) is 28.2. The Balaban J connectivity index is 2.32. The average molecular weight is 247 g/mol. The number of aliphatic hydroxyl groups is 1. The first-order valence-electron chi connectivity index (χ1n) is 5.78. The lowest BCUT2D eigenvalue weighted by Crippen LogP contribution is -2.35. The molecule has 0 spiro atoms. The molecule has 3 N–H and O–H groups in total. The molecular formula is C11H21NO3S. The van der Waals surface area contributed by atoms with Gasteiger partial charge in [-0.15, -0.1) is 0 Å². The maximum absolute atomic E-state index is 11.1. The Kier molecular flexibility index (Phi) is 6.16. The molecule has 1 saturated carbocycles. The molecule has 3 atom stereocenters. The van der Waals surface area contributed by atoms with Gasteiger partial charge in [0.25, 0.3) is 0 Å². The first kappa shape index (κ1) is 13.8. The average Bonchev–Trinajstić information content (AvgIpc) is 2.50. The van der Waals surface area contributed by atoms with Crippen LogP contribution in [0.25, 0.3) is 0 Å². The third kappa shape index (κ3) is 4.31. The summed E-state index contributed by atoms with van der Waals surface area (Å²) in [6.07, 6.45) is 5.07. The molecule has 1 aliphatic rings. The molecule has 0 heterocycles. The summed E-state index contributed by atoms with van der Waals surface area (Å²) >= 11 is 1.59. The van der Waals surface area contributed by atoms with Crippen molar-refractivity contribution in [3.8, 4) is 0 Å². The Labute approximate surface area is 101 Å². The minimum atomic E-state index is -0.578. The third-order valence-corrected chi connectivity index (χ3v) is 4.44. The highest BCUT2D eigenvalue weighted by molar-refractivity contribution is 8.00. The summed E-state index contributed by atoms with van der Waals surface area (Å²) in [6, 6.07) is -0.578. The SMILES string of the molecule is COC(=O)C(N)CSC1CCCCCC1O. The Morgan fingerprint density at radius 1 is 1.50 bits per heavy atom. The lowest BCUT2D eigenvalue weighted by atomic mass is 10.1. The number of hydrogen-bond acceptors (Lipinski definition) is 5. The quantitative estimate of drug-likeness (QED) is 0.571. The number of rotatable bonds is 4. The maximum Gasteiger partial charge on any atom is 0.323 e. The molecule has 16 heavy (non-hydrogen) atoms. The van der Waals surface area contributed by atoms with Crippen LogP contribution in [0.3, 0.4) is 0 Å². The molecule has 0 bridgehead atoms. The summed E-state index contributed by atoms with van der Waals surface area (Å²) < 4.78 is 4.56. The topological polar surface area (TPSA) is 72.5 Å². The van der Waals surface area contributed by atoms with E-state index in [9.17, 15) is 9.90 Å². The van der Waals surface area contributed by atoms with Crippen LogP contribution in [-0.4, -0.2) is 41.3 Å². The number of carbonyl (C=O) groups is 1. The second-order valence-corrected chi connectivity index (χ2v) is 5.48. The molecule has 0 aromatic carbocycles. The van der Waals surface area contributed by atoms with Gasteiger partial charge in [-0.2, -0.15) is 11.8 Å². The number of aliphatic hydroxyl groups excluding tert-OH is 1. The molecule has 0 aromatic heterocycles. The van der Waals surface area contributed by atoms with Gasteiger partial charge in [0.05, 0.1) is 13.2 Å². The van der Waals surface area contributed by atoms with Crippen molar-refractivity contribution in [2.24, 2.45) is 5.73 Å². The van der Waals surface area contributed by atoms with E-state index >= 15 is 0 Å². The Bertz CT molecular complexity index is 225. The van der Waals surface area contributed by atoms with Crippen LogP contribution in [-0.2, 0) is 9.53 Å². The Morgan fingerprint density at radius 2 is 2.19 bits per heavy atom. The number of nitrogens with two attached hydrogens (primary N) is 1. The lowest BCUT2D eigenvalue weighted by Gasteiger charge is -2.20. The molecule has 3 unspecified atom stereocenters. The van der Waals surface area contributed by atoms with Crippen LogP contribution in [0.4, 0.5) is 0 Å². The highest BCUT2D eigenvalue weighted by atomic mass is 32.2. The molecule has 1 rings (SSSR count). The standard InChI is InChI=1S/C11H21NO3S/c1-15-11(14)8(12)7-16-10-6-4-2-3-5-9(10)13/h8-10,13H,2-7,12H2,1H3. The van der Waals surface area contributed by atoms with Crippen molar-refractivity contribution in [1.82, 2.24) is 0 Å². The first-order chi connectivity index (χ1) is 7.65. The molecule has 0 amide bonds. The van der Waals surface area contributed by atoms with Crippen LogP contribution < -0.4 is 5.73 Å². The highest BCUT2D eigenvalue weighted by Gasteiger charge is 2.24. The van der Waals surface area contributed by atoms with E-state index < -0.39 is 6.04 Å². The number of esters is 1. The van der Waals surface area contributed by atoms with E-state index in [2.05, 4.69) is 4.74 Å². The summed E-state index contributed by atoms with van der Waals surface area (Å²) in [6.45, 7) is 0. The number of ether oxygens (including phenoxy) is 1. The maximum atomic E-state index is 11.1. The van der Waals surface area contributed by atoms with Crippen LogP contribution in [0.2, 0.25) is 0 Å². The smallest absolute Gasteiger partial charge is 0.323 e. The van der Waals surface area contributed by atoms with E-state index in [1.165, 1.54) is 13.5 Å². The summed E-state index contributed by atoms with van der Waals surface area (Å²) in [4.78, 5) is 11.1. The second kappa shape index (κ2) is 7.14. The second-order valence-electron chi connectivity index (χ2n) is 4.21. The van der Waals surface area contributed by atoms with E-state index in [4.69, 9.17) is 5.73 Å². The van der Waals surface area contributed by atoms with Crippen molar-refractivity contribution >= 4 is 17.7 Å². The summed E-state index contributed by atoms with van der Waals surface area (Å²) in [7, 11) is 1.34. The lowest BCUT2D eigenvalue weighted by molar-refractivity contribution is -0.141. The minimum absolute atomic E-state index is 0.221. The first-order valence-corrected chi connectivity index (χ1v) is 6.83. The molecule has 4 nitrogen and oxygen atoms in total. The molecular weight excluding hydrogens is 226 g/mol. The third-order valence-electron chi connectivity index (χ3n) is 2.91. The molecule has 1 fully saturated rings. The van der Waals surface area contributed by atoms with E-state index in [-0.39, 0.29) is 17.3 Å². The van der Waals surface area contributed by atoms with Gasteiger partial charge in [-0.1, -0.05) is 19.3 Å². The zero-order valence-corrected chi connectivity index (χ0v) is 10.5. The number of carbonyl (C=O) groups excluding carboxylic acids is 1. The largest absolute Gasteiger partial charge is 0.468 e. The van der Waals surface area contributed by atoms with Crippen molar-refractivity contribution < 1.29 is 14.6 Å². The van der Waals surface area contributed by atoms with Crippen molar-refractivity contribution in [3.05, 3.63) is 0 Å². The summed E-state index contributed by atoms with van der Waals surface area (Å²) in [5.74, 6) is 0.143. The monoisotopic (exact) mass is 247 g/mol. The summed E-state index contributed by atoms with van der Waals surface area (Å²) in [5, 5.41) is 10.1. The molecule has 0 aliphatic heterocycles. The molecule has 0 saturated heterocycles. The van der Waals surface area contributed by atoms with Crippen LogP contribution in [0.1, 0.15) is 32.1 Å². The van der Waals surface area contributed by atoms with E-state index in [1.807, 2.05) is 0 Å². The molecule has 1 aliphatic carbocycles. The van der Waals surface area contributed by atoms with E-state index in [0.29, 0.717) is 5.75 Å². The van der Waals surface area contributed by atoms with Gasteiger partial charge in [-0.25, -0.2) is 0 Å². The highest BCUT2D eigenvalue weighted by Crippen LogP contribution is 2.28. The molecule has 0 aromatic rings. The Hall–Kier alpha value is -0.260. The van der Waals surface area contributed by atoms with Gasteiger partial charge < -0.3 is 15.6 Å². The number of hydrogen-bond donors (Lipinski definition) is 2. The van der Waals surface area contributed by atoms with Gasteiger partial charge >= 0.3 is 5.97 Å². The van der Waals surface area contributed by atoms with E-state index in [1.54, 1.807) is 11.8 Å². The fourth-order valence-electron chi connectivity index (χ4n) is 1.90. The fraction of sp³-hybridized carbons (Fsp3) is 0.909. The van der Waals surface area contributed by atoms with Gasteiger partial charge in [0.2, 0.25) is 0 Å². The fourth-order valence-corrected chi connectivity index (χ4v) is 3.18. The molecule has 94 valence electrons. The predicted molar refractivity (Wildman–Crippen MR) is 65.3 cm³/mol. The number of thioether (sulfide) groups is 1. The predicted octanol–water partition coefficient (Wildman–Crippen LogP) is 0.913. The summed E-state index contributed by atoms with van der Waals surface area (Å²) in [5.41, 5.74) is 5.65. The van der Waals surface area contributed by atoms with Crippen LogP contribution in [0.15, 0.2) is 0 Å². The van der Waals surface area contributed by atoms with Crippen molar-refractivity contribution in [1.29, 1.82) is 0 Å². The van der Waals surface area contributed by atoms with Crippen molar-refractivity contribution in [3.63, 3.8) is 0 Å². The van der Waals surface area contributed by atoms with Gasteiger partial charge in [0.15, 0.2) is 0 Å². The van der Waals surface area contributed by atoms with Crippen molar-refractivity contribution in [2.75, 3.05) is 12.9 Å². The van der Waals surface area contributed by atoms with Crippen LogP contribution >= 0.6 is 11.8 Å². The number of methoxy groups -OCH3 is 1. The van der Waals surface area contributed by atoms with Crippen molar-refractivity contribution in [2.45, 2.75) is 49.5 Å². The molecule has 0 radical (unpaired) electrons. The van der Waals surface area contributed by atoms with Crippen LogP contribution in [0, 0.1) is 0 Å². The molecule has 5 heteroatoms. The van der Waals surface area contributed by atoms with Crippen LogP contribution in [0.5, 0.6) is 0 Å². The Morgan fingerprint density at radius 3 is 2.88 bits per heavy atom. The zero-order chi connectivity index (χ0) is 12.0.